The van der Waals surface area contributed by atoms with E-state index in [1.54, 1.807) is 0 Å². The average molecular weight is 419 g/mol. The second kappa shape index (κ2) is 8.76. The molecule has 1 saturated carbocycles. The number of fused-ring (bicyclic) bond motifs is 1. The van der Waals surface area contributed by atoms with Crippen LogP contribution in [-0.4, -0.2) is 49.4 Å². The highest BCUT2D eigenvalue weighted by atomic mass is 32.2. The molecule has 0 unspecified atom stereocenters. The van der Waals surface area contributed by atoms with Gasteiger partial charge in [0.05, 0.1) is 18.1 Å². The third-order valence-corrected chi connectivity index (χ3v) is 8.79. The van der Waals surface area contributed by atoms with E-state index in [0.29, 0.717) is 6.42 Å². The molecule has 1 aromatic carbocycles. The number of hydrogen-bond donors (Lipinski definition) is 1. The molecule has 6 heteroatoms. The van der Waals surface area contributed by atoms with Gasteiger partial charge in [0.1, 0.15) is 0 Å². The van der Waals surface area contributed by atoms with Crippen LogP contribution in [0.15, 0.2) is 18.2 Å². The predicted molar refractivity (Wildman–Crippen MR) is 116 cm³/mol. The number of amides is 1. The number of carbonyl (C=O) groups is 1. The van der Waals surface area contributed by atoms with Gasteiger partial charge >= 0.3 is 0 Å². The topological polar surface area (TPSA) is 66.5 Å². The molecule has 3 aliphatic rings. The van der Waals surface area contributed by atoms with Crippen molar-refractivity contribution in [1.29, 1.82) is 0 Å². The summed E-state index contributed by atoms with van der Waals surface area (Å²) in [6, 6.07) is 6.90. The maximum absolute atomic E-state index is 13.2. The van der Waals surface area contributed by atoms with Crippen molar-refractivity contribution in [3.63, 3.8) is 0 Å². The molecule has 5 nitrogen and oxygen atoms in total. The normalized spacial score (nSPS) is 24.9. The van der Waals surface area contributed by atoms with Gasteiger partial charge in [-0.25, -0.2) is 8.42 Å². The Morgan fingerprint density at radius 2 is 1.79 bits per heavy atom. The van der Waals surface area contributed by atoms with Gasteiger partial charge in [-0.1, -0.05) is 31.0 Å². The fourth-order valence-electron chi connectivity index (χ4n) is 5.35. The van der Waals surface area contributed by atoms with Crippen molar-refractivity contribution in [1.82, 2.24) is 10.2 Å². The van der Waals surface area contributed by atoms with Gasteiger partial charge < -0.3 is 10.2 Å². The van der Waals surface area contributed by atoms with E-state index in [-0.39, 0.29) is 42.1 Å². The van der Waals surface area contributed by atoms with Crippen molar-refractivity contribution in [3.8, 4) is 0 Å². The Bertz CT molecular complexity index is 846. The van der Waals surface area contributed by atoms with Crippen LogP contribution < -0.4 is 5.32 Å². The maximum atomic E-state index is 13.2. The highest BCUT2D eigenvalue weighted by Gasteiger charge is 2.38. The Hall–Kier alpha value is -1.40. The molecular weight excluding hydrogens is 384 g/mol. The summed E-state index contributed by atoms with van der Waals surface area (Å²) < 4.78 is 24.0. The Balaban J connectivity index is 1.41. The molecule has 4 rings (SSSR count). The number of aryl methyl sites for hydroxylation is 2. The van der Waals surface area contributed by atoms with Crippen LogP contribution in [0.25, 0.3) is 0 Å². The van der Waals surface area contributed by atoms with E-state index < -0.39 is 9.84 Å². The quantitative estimate of drug-likeness (QED) is 0.771. The Kier molecular flexibility index (Phi) is 6.30. The molecule has 2 fully saturated rings. The second-order valence-electron chi connectivity index (χ2n) is 9.13. The first-order chi connectivity index (χ1) is 13.9. The zero-order valence-electron chi connectivity index (χ0n) is 17.5. The minimum atomic E-state index is -3.00. The lowest BCUT2D eigenvalue weighted by molar-refractivity contribution is -0.134. The van der Waals surface area contributed by atoms with E-state index in [0.717, 1.165) is 32.1 Å². The zero-order valence-corrected chi connectivity index (χ0v) is 18.3. The number of benzene rings is 1. The first-order valence-electron chi connectivity index (χ1n) is 11.3. The lowest BCUT2D eigenvalue weighted by Gasteiger charge is -2.34. The van der Waals surface area contributed by atoms with E-state index in [9.17, 15) is 13.2 Å². The summed E-state index contributed by atoms with van der Waals surface area (Å²) in [6.07, 6.45) is 9.73. The molecule has 160 valence electrons. The van der Waals surface area contributed by atoms with Gasteiger partial charge in [0.2, 0.25) is 5.91 Å². The highest BCUT2D eigenvalue weighted by molar-refractivity contribution is 7.91. The lowest BCUT2D eigenvalue weighted by Crippen LogP contribution is -2.50. The molecule has 0 radical (unpaired) electrons. The molecule has 1 aromatic rings. The van der Waals surface area contributed by atoms with Crippen molar-refractivity contribution in [2.75, 3.05) is 18.1 Å². The van der Waals surface area contributed by atoms with Gasteiger partial charge in [-0.2, -0.15) is 0 Å². The minimum Gasteiger partial charge on any atom is -0.335 e. The molecule has 0 spiro atoms. The van der Waals surface area contributed by atoms with Gasteiger partial charge in [-0.05, 0) is 68.6 Å². The summed E-state index contributed by atoms with van der Waals surface area (Å²) >= 11 is 0. The molecule has 0 aromatic heterocycles. The third kappa shape index (κ3) is 4.85. The van der Waals surface area contributed by atoms with Gasteiger partial charge in [0, 0.05) is 18.1 Å². The summed E-state index contributed by atoms with van der Waals surface area (Å²) in [5, 5.41) is 3.41. The third-order valence-electron chi connectivity index (χ3n) is 7.04. The number of carbonyl (C=O) groups excluding carboxylic acids is 1. The molecule has 0 bridgehead atoms. The first-order valence-corrected chi connectivity index (χ1v) is 13.1. The van der Waals surface area contributed by atoms with Crippen molar-refractivity contribution >= 4 is 15.7 Å². The Morgan fingerprint density at radius 1 is 1.07 bits per heavy atom. The SMILES string of the molecule is C[C@@H](NCC(=O)N(C1CCCC1)[C@H]1CCS(=O)(=O)C1)c1ccc2c(c1)CCCC2. The number of rotatable bonds is 6. The van der Waals surface area contributed by atoms with Gasteiger partial charge in [-0.15, -0.1) is 0 Å². The molecule has 1 N–H and O–H groups in total. The van der Waals surface area contributed by atoms with Crippen molar-refractivity contribution in [2.45, 2.75) is 82.8 Å². The molecule has 1 heterocycles. The monoisotopic (exact) mass is 418 g/mol. The number of sulfone groups is 1. The van der Waals surface area contributed by atoms with E-state index in [1.807, 2.05) is 4.90 Å². The maximum Gasteiger partial charge on any atom is 0.237 e. The standard InChI is InChI=1S/C23H34N2O3S/c1-17(19-11-10-18-6-2-3-7-20(18)14-19)24-15-23(26)25(21-8-4-5-9-21)22-12-13-29(27,28)16-22/h10-11,14,17,21-22,24H,2-9,12-13,15-16H2,1H3/t17-,22+/m1/s1. The van der Waals surface area contributed by atoms with Crippen LogP contribution in [0.4, 0.5) is 0 Å². The largest absolute Gasteiger partial charge is 0.335 e. The summed E-state index contributed by atoms with van der Waals surface area (Å²) in [5.41, 5.74) is 4.16. The lowest BCUT2D eigenvalue weighted by atomic mass is 9.89. The van der Waals surface area contributed by atoms with Crippen molar-refractivity contribution in [2.24, 2.45) is 0 Å². The number of hydrogen-bond acceptors (Lipinski definition) is 4. The van der Waals surface area contributed by atoms with Crippen LogP contribution in [0.2, 0.25) is 0 Å². The summed E-state index contributed by atoms with van der Waals surface area (Å²) in [4.78, 5) is 15.1. The zero-order chi connectivity index (χ0) is 20.4. The summed E-state index contributed by atoms with van der Waals surface area (Å²) in [7, 11) is -3.00. The molecule has 2 atom stereocenters. The molecule has 1 saturated heterocycles. The van der Waals surface area contributed by atoms with Gasteiger partial charge in [0.15, 0.2) is 9.84 Å². The molecule has 29 heavy (non-hydrogen) atoms. The molecule has 1 aliphatic heterocycles. The highest BCUT2D eigenvalue weighted by Crippen LogP contribution is 2.29. The molecule has 1 amide bonds. The summed E-state index contributed by atoms with van der Waals surface area (Å²) in [6.45, 7) is 2.38. The fourth-order valence-corrected chi connectivity index (χ4v) is 7.07. The molecular formula is C23H34N2O3S. The van der Waals surface area contributed by atoms with Crippen molar-refractivity contribution in [3.05, 3.63) is 34.9 Å². The van der Waals surface area contributed by atoms with E-state index in [2.05, 4.69) is 30.4 Å². The molecule has 2 aliphatic carbocycles. The van der Waals surface area contributed by atoms with Crippen LogP contribution in [-0.2, 0) is 27.5 Å². The predicted octanol–water partition coefficient (Wildman–Crippen LogP) is 3.17. The second-order valence-corrected chi connectivity index (χ2v) is 11.4. The number of nitrogens with one attached hydrogen (secondary N) is 1. The number of nitrogens with zero attached hydrogens (tertiary/aromatic N) is 1. The summed E-state index contributed by atoms with van der Waals surface area (Å²) in [5.74, 6) is 0.409. The van der Waals surface area contributed by atoms with Gasteiger partial charge in [0.25, 0.3) is 0 Å². The van der Waals surface area contributed by atoms with Crippen molar-refractivity contribution < 1.29 is 13.2 Å². The van der Waals surface area contributed by atoms with Gasteiger partial charge in [-0.3, -0.25) is 4.79 Å². The van der Waals surface area contributed by atoms with Crippen LogP contribution in [0.5, 0.6) is 0 Å². The Labute approximate surface area is 175 Å². The van der Waals surface area contributed by atoms with Crippen LogP contribution in [0, 0.1) is 0 Å². The van der Waals surface area contributed by atoms with Crippen LogP contribution >= 0.6 is 0 Å². The Morgan fingerprint density at radius 3 is 2.48 bits per heavy atom. The van der Waals surface area contributed by atoms with E-state index >= 15 is 0 Å². The van der Waals surface area contributed by atoms with Crippen LogP contribution in [0.1, 0.15) is 74.6 Å². The van der Waals surface area contributed by atoms with E-state index in [1.165, 1.54) is 36.0 Å². The van der Waals surface area contributed by atoms with E-state index in [4.69, 9.17) is 0 Å². The fraction of sp³-hybridized carbons (Fsp3) is 0.696. The smallest absolute Gasteiger partial charge is 0.237 e. The minimum absolute atomic E-state index is 0.0591. The first kappa shape index (κ1) is 20.9. The average Bonchev–Trinajstić information content (AvgIpc) is 3.36. The van der Waals surface area contributed by atoms with Crippen LogP contribution in [0.3, 0.4) is 0 Å².